The van der Waals surface area contributed by atoms with Gasteiger partial charge >= 0.3 is 0 Å². The molecule has 0 aromatic rings. The molecule has 4 fully saturated rings. The molecule has 4 rings (SSSR count). The van der Waals surface area contributed by atoms with Crippen molar-refractivity contribution in [3.05, 3.63) is 0 Å². The lowest BCUT2D eigenvalue weighted by atomic mass is 9.78. The lowest BCUT2D eigenvalue weighted by Gasteiger charge is -2.65. The van der Waals surface area contributed by atoms with Crippen molar-refractivity contribution in [3.63, 3.8) is 0 Å². The van der Waals surface area contributed by atoms with E-state index in [0.29, 0.717) is 19.3 Å². The van der Waals surface area contributed by atoms with E-state index in [-0.39, 0.29) is 35.8 Å². The minimum atomic E-state index is -0.483. The zero-order valence-corrected chi connectivity index (χ0v) is 13.6. The van der Waals surface area contributed by atoms with Crippen LogP contribution in [0, 0.1) is 0 Å². The van der Waals surface area contributed by atoms with Gasteiger partial charge in [-0.05, 0) is 19.3 Å². The average molecular weight is 307 g/mol. The maximum absolute atomic E-state index is 12.5. The van der Waals surface area contributed by atoms with E-state index >= 15 is 0 Å². The summed E-state index contributed by atoms with van der Waals surface area (Å²) in [5.41, 5.74) is 0. The number of hydrogen-bond donors (Lipinski definition) is 0. The molecule has 6 heteroatoms. The first-order valence-electron chi connectivity index (χ1n) is 8.46. The van der Waals surface area contributed by atoms with Gasteiger partial charge in [-0.15, -0.1) is 0 Å². The normalized spacial score (nSPS) is 32.6. The first-order valence-corrected chi connectivity index (χ1v) is 8.46. The van der Waals surface area contributed by atoms with Crippen LogP contribution < -0.4 is 0 Å². The summed E-state index contributed by atoms with van der Waals surface area (Å²) in [6.45, 7) is 5.52. The van der Waals surface area contributed by atoms with E-state index in [2.05, 4.69) is 0 Å². The lowest BCUT2D eigenvalue weighted by Crippen LogP contribution is -2.80. The summed E-state index contributed by atoms with van der Waals surface area (Å²) in [4.78, 5) is 42.8. The third-order valence-corrected chi connectivity index (χ3v) is 5.33. The highest BCUT2D eigenvalue weighted by Gasteiger charge is 2.58. The quantitative estimate of drug-likeness (QED) is 0.789. The number of hydrogen-bond acceptors (Lipinski definition) is 3. The Morgan fingerprint density at radius 1 is 0.682 bits per heavy atom. The van der Waals surface area contributed by atoms with Gasteiger partial charge in [0.2, 0.25) is 17.7 Å². The second kappa shape index (κ2) is 5.56. The second-order valence-corrected chi connectivity index (χ2v) is 6.48. The summed E-state index contributed by atoms with van der Waals surface area (Å²) in [6, 6.07) is 0.550. The van der Waals surface area contributed by atoms with Gasteiger partial charge < -0.3 is 14.7 Å². The highest BCUT2D eigenvalue weighted by Crippen LogP contribution is 2.45. The predicted octanol–water partition coefficient (Wildman–Crippen LogP) is 1.30. The smallest absolute Gasteiger partial charge is 0.225 e. The van der Waals surface area contributed by atoms with Crippen molar-refractivity contribution in [2.75, 3.05) is 0 Å². The molecule has 4 bridgehead atoms. The molecule has 0 N–H and O–H groups in total. The molecule has 0 radical (unpaired) electrons. The first-order chi connectivity index (χ1) is 10.5. The van der Waals surface area contributed by atoms with Gasteiger partial charge in [-0.2, -0.15) is 0 Å². The molecular formula is C16H25N3O3. The summed E-state index contributed by atoms with van der Waals surface area (Å²) in [7, 11) is 0. The van der Waals surface area contributed by atoms with Gasteiger partial charge in [0, 0.05) is 37.4 Å². The number of rotatable bonds is 3. The molecule has 3 heterocycles. The van der Waals surface area contributed by atoms with E-state index in [1.54, 1.807) is 0 Å². The third-order valence-electron chi connectivity index (χ3n) is 5.33. The van der Waals surface area contributed by atoms with E-state index in [1.807, 2.05) is 35.5 Å². The van der Waals surface area contributed by atoms with Gasteiger partial charge in [-0.1, -0.05) is 20.8 Å². The van der Waals surface area contributed by atoms with Crippen LogP contribution in [0.3, 0.4) is 0 Å². The van der Waals surface area contributed by atoms with Gasteiger partial charge in [0.25, 0.3) is 0 Å². The van der Waals surface area contributed by atoms with Crippen molar-refractivity contribution in [1.82, 2.24) is 14.7 Å². The van der Waals surface area contributed by atoms with Crippen LogP contribution >= 0.6 is 0 Å². The van der Waals surface area contributed by atoms with E-state index in [0.717, 1.165) is 19.3 Å². The minimum absolute atomic E-state index is 0.0385. The van der Waals surface area contributed by atoms with Gasteiger partial charge in [-0.3, -0.25) is 14.4 Å². The molecule has 3 amide bonds. The fourth-order valence-corrected chi connectivity index (χ4v) is 4.42. The second-order valence-electron chi connectivity index (χ2n) is 6.48. The van der Waals surface area contributed by atoms with Gasteiger partial charge in [0.15, 0.2) is 6.29 Å². The molecule has 0 atom stereocenters. The first kappa shape index (κ1) is 15.3. The Morgan fingerprint density at radius 3 is 1.18 bits per heavy atom. The van der Waals surface area contributed by atoms with Crippen molar-refractivity contribution in [1.29, 1.82) is 0 Å². The van der Waals surface area contributed by atoms with E-state index in [1.165, 1.54) is 0 Å². The Bertz CT molecular complexity index is 430. The number of nitrogens with zero attached hydrogens (tertiary/aromatic N) is 3. The largest absolute Gasteiger partial charge is 0.301 e. The summed E-state index contributed by atoms with van der Waals surface area (Å²) < 4.78 is 0. The molecule has 0 unspecified atom stereocenters. The summed E-state index contributed by atoms with van der Waals surface area (Å²) in [6.07, 6.45) is 3.32. The molecule has 122 valence electrons. The van der Waals surface area contributed by atoms with E-state index < -0.39 is 6.29 Å². The molecular weight excluding hydrogens is 282 g/mol. The zero-order valence-electron chi connectivity index (χ0n) is 13.6. The molecule has 1 saturated carbocycles. The van der Waals surface area contributed by atoms with Crippen molar-refractivity contribution in [2.24, 2.45) is 0 Å². The third kappa shape index (κ3) is 2.03. The zero-order chi connectivity index (χ0) is 16.0. The Balaban J connectivity index is 2.02. The van der Waals surface area contributed by atoms with E-state index in [9.17, 15) is 14.4 Å². The lowest BCUT2D eigenvalue weighted by molar-refractivity contribution is -0.225. The fraction of sp³-hybridized carbons (Fsp3) is 0.812. The Hall–Kier alpha value is -1.59. The van der Waals surface area contributed by atoms with Crippen molar-refractivity contribution < 1.29 is 14.4 Å². The average Bonchev–Trinajstić information content (AvgIpc) is 2.53. The maximum atomic E-state index is 12.5. The van der Waals surface area contributed by atoms with Crippen LogP contribution in [0.1, 0.15) is 59.3 Å². The van der Waals surface area contributed by atoms with Crippen molar-refractivity contribution in [2.45, 2.75) is 83.7 Å². The standard InChI is InChI=1S/C16H25N3O3/c1-4-13(20)17-10-7-11-9-12(8-10)19(15(22)6-3)16(17)18(11)14(21)5-2/h10-12,16H,4-9H2,1-3H3. The van der Waals surface area contributed by atoms with Crippen molar-refractivity contribution >= 4 is 17.7 Å². The van der Waals surface area contributed by atoms with Gasteiger partial charge in [0.1, 0.15) is 0 Å². The number of carbonyl (C=O) groups is 3. The molecule has 4 aliphatic rings. The molecule has 0 aromatic carbocycles. The highest BCUT2D eigenvalue weighted by molar-refractivity contribution is 5.84. The molecule has 3 saturated heterocycles. The van der Waals surface area contributed by atoms with Crippen LogP contribution in [0.25, 0.3) is 0 Å². The summed E-state index contributed by atoms with van der Waals surface area (Å²) in [5, 5.41) is 0. The van der Waals surface area contributed by atoms with Crippen LogP contribution in [0.4, 0.5) is 0 Å². The van der Waals surface area contributed by atoms with Crippen molar-refractivity contribution in [3.8, 4) is 0 Å². The van der Waals surface area contributed by atoms with Crippen LogP contribution in [0.15, 0.2) is 0 Å². The maximum Gasteiger partial charge on any atom is 0.225 e. The molecule has 22 heavy (non-hydrogen) atoms. The molecule has 1 aliphatic carbocycles. The number of carbonyl (C=O) groups excluding carboxylic acids is 3. The molecule has 0 aromatic heterocycles. The van der Waals surface area contributed by atoms with Crippen LogP contribution in [-0.4, -0.2) is 56.8 Å². The van der Waals surface area contributed by atoms with Gasteiger partial charge in [-0.25, -0.2) is 0 Å². The molecule has 3 aliphatic heterocycles. The Kier molecular flexibility index (Phi) is 3.87. The monoisotopic (exact) mass is 307 g/mol. The SMILES string of the molecule is CCC(=O)N1C2CC3CC(C2)N(C(=O)CC)C1N3C(=O)CC. The number of amides is 3. The topological polar surface area (TPSA) is 60.9 Å². The molecule has 6 nitrogen and oxygen atoms in total. The molecule has 0 spiro atoms. The minimum Gasteiger partial charge on any atom is -0.301 e. The Labute approximate surface area is 131 Å². The highest BCUT2D eigenvalue weighted by atomic mass is 16.2. The predicted molar refractivity (Wildman–Crippen MR) is 80.4 cm³/mol. The fourth-order valence-electron chi connectivity index (χ4n) is 4.42. The van der Waals surface area contributed by atoms with Crippen LogP contribution in [0.5, 0.6) is 0 Å². The van der Waals surface area contributed by atoms with E-state index in [4.69, 9.17) is 0 Å². The van der Waals surface area contributed by atoms with Gasteiger partial charge in [0.05, 0.1) is 0 Å². The van der Waals surface area contributed by atoms with Crippen LogP contribution in [-0.2, 0) is 14.4 Å². The Morgan fingerprint density at radius 2 is 0.955 bits per heavy atom. The summed E-state index contributed by atoms with van der Waals surface area (Å²) >= 11 is 0. The summed E-state index contributed by atoms with van der Waals surface area (Å²) in [5.74, 6) is 0.116. The van der Waals surface area contributed by atoms with Crippen LogP contribution in [0.2, 0.25) is 0 Å².